The Labute approximate surface area is 149 Å². The van der Waals surface area contributed by atoms with Crippen LogP contribution < -0.4 is 5.32 Å². The van der Waals surface area contributed by atoms with Crippen molar-refractivity contribution in [2.45, 2.75) is 19.3 Å². The molecule has 4 rings (SSSR count). The fourth-order valence-corrected chi connectivity index (χ4v) is 3.28. The molecule has 1 amide bonds. The normalized spacial score (nSPS) is 14.0. The van der Waals surface area contributed by atoms with Crippen molar-refractivity contribution in [3.63, 3.8) is 0 Å². The molecule has 0 saturated heterocycles. The predicted octanol–water partition coefficient (Wildman–Crippen LogP) is 4.60. The summed E-state index contributed by atoms with van der Waals surface area (Å²) >= 11 is 0. The van der Waals surface area contributed by atoms with Crippen LogP contribution in [0.25, 0.3) is 22.3 Å². The lowest BCUT2D eigenvalue weighted by molar-refractivity contribution is -0.133. The lowest BCUT2D eigenvalue weighted by Gasteiger charge is -2.07. The van der Waals surface area contributed by atoms with Gasteiger partial charge in [-0.15, -0.1) is 0 Å². The number of hydrogen-bond acceptors (Lipinski definition) is 3. The number of carbonyl (C=O) groups is 2. The van der Waals surface area contributed by atoms with Gasteiger partial charge in [0.2, 0.25) is 0 Å². The summed E-state index contributed by atoms with van der Waals surface area (Å²) < 4.78 is 5.84. The van der Waals surface area contributed by atoms with Crippen LogP contribution in [0.2, 0.25) is 0 Å². The molecule has 2 aromatic carbocycles. The lowest BCUT2D eigenvalue weighted by atomic mass is 10.1. The van der Waals surface area contributed by atoms with E-state index in [2.05, 4.69) is 5.32 Å². The van der Waals surface area contributed by atoms with Gasteiger partial charge in [-0.05, 0) is 55.7 Å². The Kier molecular flexibility index (Phi) is 4.05. The van der Waals surface area contributed by atoms with E-state index in [-0.39, 0.29) is 11.5 Å². The zero-order valence-electron chi connectivity index (χ0n) is 14.0. The van der Waals surface area contributed by atoms with Crippen molar-refractivity contribution in [1.29, 1.82) is 0 Å². The fraction of sp³-hybridized carbons (Fsp3) is 0.143. The van der Waals surface area contributed by atoms with Crippen molar-refractivity contribution in [1.82, 2.24) is 0 Å². The molecule has 2 N–H and O–H groups in total. The Morgan fingerprint density at radius 1 is 0.962 bits per heavy atom. The quantitative estimate of drug-likeness (QED) is 0.723. The SMILES string of the molecule is O=C(O)C1=C(C(=O)Nc2ccc(-c3cc4ccccc4o3)cc2)CCC1. The third-order valence-corrected chi connectivity index (χ3v) is 4.60. The smallest absolute Gasteiger partial charge is 0.332 e. The first-order valence-corrected chi connectivity index (χ1v) is 8.47. The summed E-state index contributed by atoms with van der Waals surface area (Å²) in [5, 5.41) is 13.0. The van der Waals surface area contributed by atoms with Crippen LogP contribution in [0.1, 0.15) is 19.3 Å². The lowest BCUT2D eigenvalue weighted by Crippen LogP contribution is -2.16. The Hall–Kier alpha value is -3.34. The van der Waals surface area contributed by atoms with E-state index < -0.39 is 5.97 Å². The van der Waals surface area contributed by atoms with Gasteiger partial charge in [-0.3, -0.25) is 4.79 Å². The number of furan rings is 1. The van der Waals surface area contributed by atoms with Crippen LogP contribution in [0, 0.1) is 0 Å². The minimum atomic E-state index is -1.01. The van der Waals surface area contributed by atoms with Crippen molar-refractivity contribution >= 4 is 28.5 Å². The highest BCUT2D eigenvalue weighted by atomic mass is 16.4. The molecule has 0 bridgehead atoms. The van der Waals surface area contributed by atoms with Crippen LogP contribution in [0.5, 0.6) is 0 Å². The van der Waals surface area contributed by atoms with Gasteiger partial charge in [0.05, 0.1) is 0 Å². The molecule has 0 radical (unpaired) electrons. The van der Waals surface area contributed by atoms with Crippen LogP contribution in [0.3, 0.4) is 0 Å². The summed E-state index contributed by atoms with van der Waals surface area (Å²) in [6, 6.07) is 17.1. The number of carbonyl (C=O) groups excluding carboxylic acids is 1. The number of benzene rings is 2. The van der Waals surface area contributed by atoms with E-state index in [0.717, 1.165) is 22.3 Å². The van der Waals surface area contributed by atoms with E-state index in [9.17, 15) is 14.7 Å². The van der Waals surface area contributed by atoms with Gasteiger partial charge in [-0.25, -0.2) is 4.79 Å². The van der Waals surface area contributed by atoms with Crippen LogP contribution in [0.15, 0.2) is 70.2 Å². The summed E-state index contributed by atoms with van der Waals surface area (Å²) in [6.45, 7) is 0. The molecule has 0 atom stereocenters. The third-order valence-electron chi connectivity index (χ3n) is 4.60. The Morgan fingerprint density at radius 3 is 2.42 bits per heavy atom. The molecular weight excluding hydrogens is 330 g/mol. The number of anilines is 1. The second-order valence-electron chi connectivity index (χ2n) is 6.30. The maximum atomic E-state index is 12.4. The molecule has 3 aromatic rings. The molecule has 130 valence electrons. The molecule has 0 spiro atoms. The fourth-order valence-electron chi connectivity index (χ4n) is 3.28. The average Bonchev–Trinajstić information content (AvgIpc) is 3.29. The van der Waals surface area contributed by atoms with Gasteiger partial charge in [-0.1, -0.05) is 18.2 Å². The molecule has 0 saturated carbocycles. The highest BCUT2D eigenvalue weighted by Gasteiger charge is 2.25. The highest BCUT2D eigenvalue weighted by molar-refractivity contribution is 6.09. The van der Waals surface area contributed by atoms with Gasteiger partial charge in [0.25, 0.3) is 5.91 Å². The molecule has 1 aliphatic carbocycles. The van der Waals surface area contributed by atoms with Gasteiger partial charge in [-0.2, -0.15) is 0 Å². The van der Waals surface area contributed by atoms with Crippen molar-refractivity contribution in [2.24, 2.45) is 0 Å². The van der Waals surface area contributed by atoms with E-state index in [1.807, 2.05) is 42.5 Å². The third kappa shape index (κ3) is 2.99. The molecule has 0 unspecified atom stereocenters. The highest BCUT2D eigenvalue weighted by Crippen LogP contribution is 2.30. The Bertz CT molecular complexity index is 995. The van der Waals surface area contributed by atoms with Gasteiger partial charge >= 0.3 is 5.97 Å². The van der Waals surface area contributed by atoms with Gasteiger partial charge in [0, 0.05) is 27.8 Å². The van der Waals surface area contributed by atoms with E-state index in [0.29, 0.717) is 30.5 Å². The number of aliphatic carboxylic acids is 1. The van der Waals surface area contributed by atoms with Crippen LogP contribution in [-0.2, 0) is 9.59 Å². The van der Waals surface area contributed by atoms with E-state index in [4.69, 9.17) is 4.42 Å². The summed E-state index contributed by atoms with van der Waals surface area (Å²) in [6.07, 6.45) is 1.66. The average molecular weight is 347 g/mol. The van der Waals surface area contributed by atoms with Crippen molar-refractivity contribution in [3.8, 4) is 11.3 Å². The number of hydrogen-bond donors (Lipinski definition) is 2. The summed E-state index contributed by atoms with van der Waals surface area (Å²) in [7, 11) is 0. The van der Waals surface area contributed by atoms with Gasteiger partial charge in [0.1, 0.15) is 11.3 Å². The minimum Gasteiger partial charge on any atom is -0.478 e. The predicted molar refractivity (Wildman–Crippen MR) is 98.8 cm³/mol. The summed E-state index contributed by atoms with van der Waals surface area (Å²) in [4.78, 5) is 23.5. The molecule has 1 aromatic heterocycles. The summed E-state index contributed by atoms with van der Waals surface area (Å²) in [5.74, 6) is -0.583. The molecule has 26 heavy (non-hydrogen) atoms. The van der Waals surface area contributed by atoms with Crippen molar-refractivity contribution in [2.75, 3.05) is 5.32 Å². The number of amides is 1. The number of rotatable bonds is 4. The van der Waals surface area contributed by atoms with Gasteiger partial charge < -0.3 is 14.8 Å². The first-order chi connectivity index (χ1) is 12.6. The molecule has 1 heterocycles. The Morgan fingerprint density at radius 2 is 1.69 bits per heavy atom. The number of fused-ring (bicyclic) bond motifs is 1. The molecule has 0 aliphatic heterocycles. The van der Waals surface area contributed by atoms with Crippen molar-refractivity contribution in [3.05, 3.63) is 65.7 Å². The van der Waals surface area contributed by atoms with Crippen LogP contribution in [0.4, 0.5) is 5.69 Å². The number of carboxylic acids is 1. The number of carboxylic acid groups (broad SMARTS) is 1. The number of nitrogens with one attached hydrogen (secondary N) is 1. The molecule has 1 aliphatic rings. The monoisotopic (exact) mass is 347 g/mol. The Balaban J connectivity index is 1.54. The summed E-state index contributed by atoms with van der Waals surface area (Å²) in [5.41, 5.74) is 2.96. The largest absolute Gasteiger partial charge is 0.478 e. The van der Waals surface area contributed by atoms with E-state index in [1.54, 1.807) is 12.1 Å². The van der Waals surface area contributed by atoms with Gasteiger partial charge in [0.15, 0.2) is 0 Å². The van der Waals surface area contributed by atoms with Crippen LogP contribution in [-0.4, -0.2) is 17.0 Å². The second kappa shape index (κ2) is 6.52. The topological polar surface area (TPSA) is 79.5 Å². The zero-order valence-corrected chi connectivity index (χ0v) is 14.0. The molecular formula is C21H17NO4. The zero-order chi connectivity index (χ0) is 18.1. The standard InChI is InChI=1S/C21H17NO4/c23-20(16-5-3-6-17(16)21(24)25)22-15-10-8-13(9-11-15)19-12-14-4-1-2-7-18(14)26-19/h1-2,4,7-12H,3,5-6H2,(H,22,23)(H,24,25). The van der Waals surface area contributed by atoms with Crippen LogP contribution >= 0.6 is 0 Å². The van der Waals surface area contributed by atoms with E-state index in [1.165, 1.54) is 0 Å². The first kappa shape index (κ1) is 16.1. The maximum Gasteiger partial charge on any atom is 0.332 e. The second-order valence-corrected chi connectivity index (χ2v) is 6.30. The molecule has 5 nitrogen and oxygen atoms in total. The van der Waals surface area contributed by atoms with E-state index >= 15 is 0 Å². The minimum absolute atomic E-state index is 0.224. The number of para-hydroxylation sites is 1. The first-order valence-electron chi connectivity index (χ1n) is 8.47. The molecule has 0 fully saturated rings. The maximum absolute atomic E-state index is 12.4. The van der Waals surface area contributed by atoms with Crippen molar-refractivity contribution < 1.29 is 19.1 Å². The molecule has 5 heteroatoms.